The Labute approximate surface area is 122 Å². The van der Waals surface area contributed by atoms with Crippen molar-refractivity contribution in [2.45, 2.75) is 26.8 Å². The third-order valence-corrected chi connectivity index (χ3v) is 3.32. The van der Waals surface area contributed by atoms with Crippen molar-refractivity contribution >= 4 is 29.0 Å². The maximum absolute atomic E-state index is 12.0. The number of benzene rings is 1. The molecule has 0 fully saturated rings. The van der Waals surface area contributed by atoms with Gasteiger partial charge < -0.3 is 15.2 Å². The fourth-order valence-electron chi connectivity index (χ4n) is 1.72. The van der Waals surface area contributed by atoms with Crippen LogP contribution >= 0.6 is 11.6 Å². The second-order valence-electron chi connectivity index (χ2n) is 4.59. The van der Waals surface area contributed by atoms with Gasteiger partial charge in [-0.05, 0) is 38.5 Å². The van der Waals surface area contributed by atoms with Crippen LogP contribution in [0.5, 0.6) is 0 Å². The van der Waals surface area contributed by atoms with E-state index in [0.29, 0.717) is 16.6 Å². The monoisotopic (exact) mass is 293 g/mol. The Kier molecular flexibility index (Phi) is 4.29. The predicted octanol–water partition coefficient (Wildman–Crippen LogP) is 3.38. The molecule has 0 unspecified atom stereocenters. The summed E-state index contributed by atoms with van der Waals surface area (Å²) in [4.78, 5) is 12.0. The van der Waals surface area contributed by atoms with Crippen molar-refractivity contribution in [2.24, 2.45) is 0 Å². The Hall–Kier alpha value is -2.01. The van der Waals surface area contributed by atoms with Crippen LogP contribution in [0.25, 0.3) is 0 Å². The number of nitrogens with one attached hydrogen (secondary N) is 2. The zero-order valence-corrected chi connectivity index (χ0v) is 12.3. The Morgan fingerprint density at radius 1 is 1.40 bits per heavy atom. The van der Waals surface area contributed by atoms with E-state index in [2.05, 4.69) is 15.8 Å². The van der Waals surface area contributed by atoms with Crippen molar-refractivity contribution in [3.8, 4) is 0 Å². The molecule has 0 bridgehead atoms. The van der Waals surface area contributed by atoms with Crippen molar-refractivity contribution < 1.29 is 9.32 Å². The summed E-state index contributed by atoms with van der Waals surface area (Å²) in [7, 11) is 0. The van der Waals surface area contributed by atoms with Gasteiger partial charge in [-0.15, -0.1) is 0 Å². The Bertz CT molecular complexity index is 625. The van der Waals surface area contributed by atoms with Crippen molar-refractivity contribution in [2.75, 3.05) is 10.6 Å². The average molecular weight is 294 g/mol. The lowest BCUT2D eigenvalue weighted by Crippen LogP contribution is -2.32. The van der Waals surface area contributed by atoms with Crippen LogP contribution in [0, 0.1) is 13.8 Å². The molecule has 0 saturated carbocycles. The minimum atomic E-state index is -0.427. The average Bonchev–Trinajstić information content (AvgIpc) is 2.80. The second kappa shape index (κ2) is 5.96. The summed E-state index contributed by atoms with van der Waals surface area (Å²) < 4.78 is 4.90. The molecular formula is C14H16ClN3O2. The number of hydrogen-bond acceptors (Lipinski definition) is 4. The fourth-order valence-corrected chi connectivity index (χ4v) is 1.90. The summed E-state index contributed by atoms with van der Waals surface area (Å²) in [6, 6.07) is 6.76. The quantitative estimate of drug-likeness (QED) is 0.907. The van der Waals surface area contributed by atoms with Gasteiger partial charge >= 0.3 is 0 Å². The number of halogens is 1. The third kappa shape index (κ3) is 3.30. The molecule has 1 aromatic heterocycles. The molecule has 0 aliphatic heterocycles. The zero-order valence-electron chi connectivity index (χ0n) is 11.5. The fraction of sp³-hybridized carbons (Fsp3) is 0.286. The van der Waals surface area contributed by atoms with E-state index in [9.17, 15) is 4.79 Å². The van der Waals surface area contributed by atoms with E-state index in [1.165, 1.54) is 0 Å². The van der Waals surface area contributed by atoms with Gasteiger partial charge in [-0.2, -0.15) is 0 Å². The van der Waals surface area contributed by atoms with Crippen LogP contribution in [0.3, 0.4) is 0 Å². The highest BCUT2D eigenvalue weighted by Crippen LogP contribution is 2.23. The SMILES string of the molecule is Cc1cc(NC(=O)[C@H](C)Nc2cccc(Cl)c2C)no1. The summed E-state index contributed by atoms with van der Waals surface area (Å²) in [5, 5.41) is 10.2. The van der Waals surface area contributed by atoms with Crippen LogP contribution in [0.2, 0.25) is 5.02 Å². The van der Waals surface area contributed by atoms with Gasteiger partial charge in [-0.25, -0.2) is 0 Å². The van der Waals surface area contributed by atoms with Gasteiger partial charge in [0.25, 0.3) is 0 Å². The molecule has 1 heterocycles. The summed E-state index contributed by atoms with van der Waals surface area (Å²) in [6.07, 6.45) is 0. The lowest BCUT2D eigenvalue weighted by molar-refractivity contribution is -0.116. The molecule has 5 nitrogen and oxygen atoms in total. The molecule has 20 heavy (non-hydrogen) atoms. The number of aryl methyl sites for hydroxylation is 1. The number of anilines is 2. The summed E-state index contributed by atoms with van der Waals surface area (Å²) >= 11 is 6.05. The third-order valence-electron chi connectivity index (χ3n) is 2.91. The van der Waals surface area contributed by atoms with Crippen LogP contribution in [0.15, 0.2) is 28.8 Å². The Morgan fingerprint density at radius 2 is 2.15 bits per heavy atom. The molecule has 0 saturated heterocycles. The summed E-state index contributed by atoms with van der Waals surface area (Å²) in [6.45, 7) is 5.43. The normalized spacial score (nSPS) is 12.0. The van der Waals surface area contributed by atoms with E-state index < -0.39 is 6.04 Å². The molecule has 0 radical (unpaired) electrons. The first kappa shape index (κ1) is 14.4. The molecule has 2 rings (SSSR count). The maximum Gasteiger partial charge on any atom is 0.247 e. The number of nitrogens with zero attached hydrogens (tertiary/aromatic N) is 1. The van der Waals surface area contributed by atoms with Crippen LogP contribution in [0.1, 0.15) is 18.2 Å². The van der Waals surface area contributed by atoms with E-state index in [1.54, 1.807) is 19.9 Å². The van der Waals surface area contributed by atoms with E-state index in [1.807, 2.05) is 25.1 Å². The standard InChI is InChI=1S/C14H16ClN3O2/c1-8-7-13(18-20-8)17-14(19)10(3)16-12-6-4-5-11(15)9(12)2/h4-7,10,16H,1-3H3,(H,17,18,19)/t10-/m0/s1. The van der Waals surface area contributed by atoms with Crippen LogP contribution in [0.4, 0.5) is 11.5 Å². The zero-order chi connectivity index (χ0) is 14.7. The summed E-state index contributed by atoms with van der Waals surface area (Å²) in [5.74, 6) is 0.855. The number of carbonyl (C=O) groups is 1. The van der Waals surface area contributed by atoms with Gasteiger partial charge in [0.05, 0.1) is 0 Å². The number of carbonyl (C=O) groups excluding carboxylic acids is 1. The van der Waals surface area contributed by atoms with Crippen LogP contribution in [-0.2, 0) is 4.79 Å². The minimum Gasteiger partial charge on any atom is -0.374 e. The van der Waals surface area contributed by atoms with Gasteiger partial charge in [-0.3, -0.25) is 4.79 Å². The molecule has 0 aliphatic carbocycles. The number of amides is 1. The van der Waals surface area contributed by atoms with E-state index in [0.717, 1.165) is 11.3 Å². The van der Waals surface area contributed by atoms with E-state index in [4.69, 9.17) is 16.1 Å². The van der Waals surface area contributed by atoms with Crippen LogP contribution < -0.4 is 10.6 Å². The Balaban J connectivity index is 2.02. The molecule has 0 aliphatic rings. The first-order valence-electron chi connectivity index (χ1n) is 6.23. The van der Waals surface area contributed by atoms with Gasteiger partial charge in [0.1, 0.15) is 11.8 Å². The number of aromatic nitrogens is 1. The first-order chi connectivity index (χ1) is 9.47. The van der Waals surface area contributed by atoms with Crippen molar-refractivity contribution in [1.82, 2.24) is 5.16 Å². The van der Waals surface area contributed by atoms with Crippen molar-refractivity contribution in [3.63, 3.8) is 0 Å². The number of hydrogen-bond donors (Lipinski definition) is 2. The number of rotatable bonds is 4. The predicted molar refractivity (Wildman–Crippen MR) is 79.1 cm³/mol. The molecule has 1 aromatic carbocycles. The second-order valence-corrected chi connectivity index (χ2v) is 5.00. The molecule has 1 amide bonds. The van der Waals surface area contributed by atoms with E-state index >= 15 is 0 Å². The molecule has 0 spiro atoms. The molecular weight excluding hydrogens is 278 g/mol. The maximum atomic E-state index is 12.0. The van der Waals surface area contributed by atoms with Gasteiger partial charge in [0, 0.05) is 16.8 Å². The summed E-state index contributed by atoms with van der Waals surface area (Å²) in [5.41, 5.74) is 1.74. The molecule has 106 valence electrons. The van der Waals surface area contributed by atoms with Gasteiger partial charge in [0.2, 0.25) is 5.91 Å². The smallest absolute Gasteiger partial charge is 0.247 e. The van der Waals surface area contributed by atoms with E-state index in [-0.39, 0.29) is 5.91 Å². The highest BCUT2D eigenvalue weighted by atomic mass is 35.5. The first-order valence-corrected chi connectivity index (χ1v) is 6.61. The van der Waals surface area contributed by atoms with Crippen LogP contribution in [-0.4, -0.2) is 17.1 Å². The molecule has 1 atom stereocenters. The lowest BCUT2D eigenvalue weighted by atomic mass is 10.2. The topological polar surface area (TPSA) is 67.2 Å². The molecule has 2 aromatic rings. The minimum absolute atomic E-state index is 0.197. The highest BCUT2D eigenvalue weighted by molar-refractivity contribution is 6.31. The lowest BCUT2D eigenvalue weighted by Gasteiger charge is -2.16. The Morgan fingerprint density at radius 3 is 2.80 bits per heavy atom. The highest BCUT2D eigenvalue weighted by Gasteiger charge is 2.15. The largest absolute Gasteiger partial charge is 0.374 e. The van der Waals surface area contributed by atoms with Crippen molar-refractivity contribution in [3.05, 3.63) is 40.6 Å². The van der Waals surface area contributed by atoms with Crippen molar-refractivity contribution in [1.29, 1.82) is 0 Å². The van der Waals surface area contributed by atoms with Gasteiger partial charge in [-0.1, -0.05) is 22.8 Å². The van der Waals surface area contributed by atoms with Gasteiger partial charge in [0.15, 0.2) is 5.82 Å². The molecule has 2 N–H and O–H groups in total. The molecule has 6 heteroatoms.